The van der Waals surface area contributed by atoms with Crippen molar-refractivity contribution in [2.75, 3.05) is 7.05 Å². The van der Waals surface area contributed by atoms with Gasteiger partial charge in [-0.15, -0.1) is 0 Å². The van der Waals surface area contributed by atoms with E-state index in [4.69, 9.17) is 0 Å². The molecule has 2 nitrogen and oxygen atoms in total. The Morgan fingerprint density at radius 3 is 2.59 bits per heavy atom. The van der Waals surface area contributed by atoms with Crippen LogP contribution < -0.4 is 5.32 Å². The molecule has 2 aromatic rings. The summed E-state index contributed by atoms with van der Waals surface area (Å²) in [5.74, 6) is -0.225. The summed E-state index contributed by atoms with van der Waals surface area (Å²) in [6, 6.07) is 10.3. The second-order valence-electron chi connectivity index (χ2n) is 3.64. The van der Waals surface area contributed by atoms with Gasteiger partial charge in [-0.1, -0.05) is 18.2 Å². The molecule has 1 aromatic carbocycles. The molecule has 0 spiro atoms. The predicted octanol–water partition coefficient (Wildman–Crippen LogP) is 3.29. The van der Waals surface area contributed by atoms with Gasteiger partial charge < -0.3 is 5.32 Å². The van der Waals surface area contributed by atoms with E-state index < -0.39 is 0 Å². The van der Waals surface area contributed by atoms with Crippen LogP contribution in [0, 0.1) is 5.82 Å². The fourth-order valence-electron chi connectivity index (χ4n) is 1.73. The summed E-state index contributed by atoms with van der Waals surface area (Å²) >= 11 is 3.33. The van der Waals surface area contributed by atoms with Crippen LogP contribution in [0.15, 0.2) is 47.1 Å². The lowest BCUT2D eigenvalue weighted by Gasteiger charge is -2.16. The van der Waals surface area contributed by atoms with Crippen molar-refractivity contribution in [3.63, 3.8) is 0 Å². The Hall–Kier alpha value is -1.26. The largest absolute Gasteiger partial charge is 0.308 e. The predicted molar refractivity (Wildman–Crippen MR) is 69.2 cm³/mol. The molecule has 1 unspecified atom stereocenters. The Balaban J connectivity index is 2.40. The minimum atomic E-state index is -0.232. The summed E-state index contributed by atoms with van der Waals surface area (Å²) in [6.45, 7) is 0. The molecule has 0 aliphatic carbocycles. The first-order valence-electron chi connectivity index (χ1n) is 5.25. The van der Waals surface area contributed by atoms with Crippen molar-refractivity contribution in [2.45, 2.75) is 6.04 Å². The number of rotatable bonds is 3. The molecule has 0 fully saturated rings. The Morgan fingerprint density at radius 1 is 1.24 bits per heavy atom. The van der Waals surface area contributed by atoms with Gasteiger partial charge in [0.1, 0.15) is 5.82 Å². The molecule has 1 N–H and O–H groups in total. The van der Waals surface area contributed by atoms with Crippen molar-refractivity contribution in [3.05, 3.63) is 64.1 Å². The average molecular weight is 295 g/mol. The van der Waals surface area contributed by atoms with Gasteiger partial charge in [0.15, 0.2) is 0 Å². The molecule has 0 aliphatic heterocycles. The molecular weight excluding hydrogens is 283 g/mol. The maximum absolute atomic E-state index is 13.7. The van der Waals surface area contributed by atoms with E-state index in [-0.39, 0.29) is 11.9 Å². The number of pyridine rings is 1. The fraction of sp³-hybridized carbons (Fsp3) is 0.154. The van der Waals surface area contributed by atoms with Gasteiger partial charge >= 0.3 is 0 Å². The minimum absolute atomic E-state index is 0.225. The molecule has 0 saturated carbocycles. The van der Waals surface area contributed by atoms with Crippen molar-refractivity contribution in [1.29, 1.82) is 0 Å². The van der Waals surface area contributed by atoms with E-state index in [0.29, 0.717) is 5.56 Å². The maximum atomic E-state index is 13.7. The molecule has 88 valence electrons. The summed E-state index contributed by atoms with van der Waals surface area (Å²) in [6.07, 6.45) is 1.71. The highest BCUT2D eigenvalue weighted by Crippen LogP contribution is 2.23. The topological polar surface area (TPSA) is 24.9 Å². The zero-order chi connectivity index (χ0) is 12.3. The van der Waals surface area contributed by atoms with Crippen LogP contribution in [0.25, 0.3) is 0 Å². The SMILES string of the molecule is CNC(c1ccc(Br)cn1)c1ccccc1F. The van der Waals surface area contributed by atoms with Crippen LogP contribution in [0.3, 0.4) is 0 Å². The third-order valence-electron chi connectivity index (χ3n) is 2.55. The van der Waals surface area contributed by atoms with Gasteiger partial charge in [-0.25, -0.2) is 4.39 Å². The van der Waals surface area contributed by atoms with E-state index in [2.05, 4.69) is 26.2 Å². The summed E-state index contributed by atoms with van der Waals surface area (Å²) in [5.41, 5.74) is 1.39. The number of nitrogens with one attached hydrogen (secondary N) is 1. The van der Waals surface area contributed by atoms with Crippen LogP contribution in [0.1, 0.15) is 17.3 Å². The third kappa shape index (κ3) is 2.70. The van der Waals surface area contributed by atoms with E-state index in [9.17, 15) is 4.39 Å². The summed E-state index contributed by atoms with van der Waals surface area (Å²) < 4.78 is 14.6. The van der Waals surface area contributed by atoms with Crippen molar-refractivity contribution in [2.24, 2.45) is 0 Å². The van der Waals surface area contributed by atoms with Gasteiger partial charge in [-0.2, -0.15) is 0 Å². The number of nitrogens with zero attached hydrogens (tertiary/aromatic N) is 1. The van der Waals surface area contributed by atoms with E-state index in [1.807, 2.05) is 18.2 Å². The Labute approximate surface area is 108 Å². The number of benzene rings is 1. The van der Waals surface area contributed by atoms with Gasteiger partial charge in [0.2, 0.25) is 0 Å². The maximum Gasteiger partial charge on any atom is 0.128 e. The van der Waals surface area contributed by atoms with E-state index in [0.717, 1.165) is 10.2 Å². The standard InChI is InChI=1S/C13H12BrFN2/c1-16-13(10-4-2-3-5-11(10)15)12-7-6-9(14)8-17-12/h2-8,13,16H,1H3. The van der Waals surface area contributed by atoms with Crippen LogP contribution in [-0.2, 0) is 0 Å². The summed E-state index contributed by atoms with van der Waals surface area (Å²) in [7, 11) is 1.79. The van der Waals surface area contributed by atoms with Crippen molar-refractivity contribution in [1.82, 2.24) is 10.3 Å². The van der Waals surface area contributed by atoms with Gasteiger partial charge in [-0.05, 0) is 41.2 Å². The molecule has 0 radical (unpaired) electrons. The molecule has 0 amide bonds. The number of hydrogen-bond donors (Lipinski definition) is 1. The Kier molecular flexibility index (Phi) is 3.86. The highest BCUT2D eigenvalue weighted by Gasteiger charge is 2.16. The van der Waals surface area contributed by atoms with E-state index in [1.54, 1.807) is 25.4 Å². The van der Waals surface area contributed by atoms with Crippen LogP contribution in [0.4, 0.5) is 4.39 Å². The van der Waals surface area contributed by atoms with E-state index in [1.165, 1.54) is 6.07 Å². The summed E-state index contributed by atoms with van der Waals surface area (Å²) in [4.78, 5) is 4.29. The molecule has 1 atom stereocenters. The van der Waals surface area contributed by atoms with Crippen LogP contribution in [0.5, 0.6) is 0 Å². The highest BCUT2D eigenvalue weighted by atomic mass is 79.9. The first kappa shape index (κ1) is 12.2. The molecule has 1 heterocycles. The van der Waals surface area contributed by atoms with Gasteiger partial charge in [-0.3, -0.25) is 4.98 Å². The van der Waals surface area contributed by atoms with Crippen molar-refractivity contribution < 1.29 is 4.39 Å². The molecule has 17 heavy (non-hydrogen) atoms. The lowest BCUT2D eigenvalue weighted by atomic mass is 10.0. The quantitative estimate of drug-likeness (QED) is 0.940. The van der Waals surface area contributed by atoms with Gasteiger partial charge in [0.25, 0.3) is 0 Å². The second kappa shape index (κ2) is 5.38. The average Bonchev–Trinajstić information content (AvgIpc) is 2.35. The fourth-order valence-corrected chi connectivity index (χ4v) is 1.96. The Morgan fingerprint density at radius 2 is 2.00 bits per heavy atom. The van der Waals surface area contributed by atoms with Crippen molar-refractivity contribution in [3.8, 4) is 0 Å². The smallest absolute Gasteiger partial charge is 0.128 e. The number of aromatic nitrogens is 1. The molecule has 1 aromatic heterocycles. The van der Waals surface area contributed by atoms with Crippen molar-refractivity contribution >= 4 is 15.9 Å². The first-order valence-corrected chi connectivity index (χ1v) is 6.05. The molecular formula is C13H12BrFN2. The monoisotopic (exact) mass is 294 g/mol. The lowest BCUT2D eigenvalue weighted by Crippen LogP contribution is -2.19. The first-order chi connectivity index (χ1) is 8.22. The molecule has 0 saturated heterocycles. The number of halogens is 2. The van der Waals surface area contributed by atoms with Crippen LogP contribution in [-0.4, -0.2) is 12.0 Å². The molecule has 0 aliphatic rings. The van der Waals surface area contributed by atoms with Gasteiger partial charge in [0, 0.05) is 16.2 Å². The number of hydrogen-bond acceptors (Lipinski definition) is 2. The Bertz CT molecular complexity index is 499. The minimum Gasteiger partial charge on any atom is -0.308 e. The zero-order valence-electron chi connectivity index (χ0n) is 9.32. The second-order valence-corrected chi connectivity index (χ2v) is 4.56. The molecule has 0 bridgehead atoms. The lowest BCUT2D eigenvalue weighted by molar-refractivity contribution is 0.570. The highest BCUT2D eigenvalue weighted by molar-refractivity contribution is 9.10. The van der Waals surface area contributed by atoms with Gasteiger partial charge in [0.05, 0.1) is 11.7 Å². The molecule has 4 heteroatoms. The summed E-state index contributed by atoms with van der Waals surface area (Å²) in [5, 5.41) is 3.08. The molecule has 2 rings (SSSR count). The third-order valence-corrected chi connectivity index (χ3v) is 3.02. The van der Waals surface area contributed by atoms with E-state index >= 15 is 0 Å². The zero-order valence-corrected chi connectivity index (χ0v) is 10.9. The van der Waals surface area contributed by atoms with Crippen LogP contribution in [0.2, 0.25) is 0 Å². The normalized spacial score (nSPS) is 12.4. The van der Waals surface area contributed by atoms with Crippen LogP contribution >= 0.6 is 15.9 Å².